The van der Waals surface area contributed by atoms with Crippen LogP contribution in [0.1, 0.15) is 26.3 Å². The highest BCUT2D eigenvalue weighted by atomic mass is 127. The Balaban J connectivity index is 1.88. The summed E-state index contributed by atoms with van der Waals surface area (Å²) in [6.07, 6.45) is 3.43. The van der Waals surface area contributed by atoms with Crippen LogP contribution < -0.4 is 5.32 Å². The third kappa shape index (κ3) is 2.43. The number of rotatable bonds is 2. The Hall–Kier alpha value is -2.47. The van der Waals surface area contributed by atoms with Crippen LogP contribution in [0.15, 0.2) is 60.7 Å². The SMILES string of the molecule is O=C(Nc1c(I)cc2c3c(cccc13)C(=O)C=C2)c1ccccc1. The molecule has 0 bridgehead atoms. The molecule has 0 radical (unpaired) electrons. The first-order valence-corrected chi connectivity index (χ1v) is 8.57. The van der Waals surface area contributed by atoms with Crippen molar-refractivity contribution in [3.8, 4) is 0 Å². The van der Waals surface area contributed by atoms with Gasteiger partial charge in [0, 0.05) is 25.5 Å². The van der Waals surface area contributed by atoms with E-state index in [1.54, 1.807) is 18.2 Å². The average Bonchev–Trinajstić information content (AvgIpc) is 2.61. The summed E-state index contributed by atoms with van der Waals surface area (Å²) in [7, 11) is 0. The molecule has 4 rings (SSSR count). The molecule has 3 aromatic rings. The Bertz CT molecular complexity index is 1020. The van der Waals surface area contributed by atoms with Crippen LogP contribution in [-0.2, 0) is 0 Å². The molecule has 0 aliphatic heterocycles. The van der Waals surface area contributed by atoms with Gasteiger partial charge in [-0.2, -0.15) is 0 Å². The zero-order chi connectivity index (χ0) is 16.7. The molecule has 4 heteroatoms. The minimum Gasteiger partial charge on any atom is -0.320 e. The number of benzene rings is 3. The van der Waals surface area contributed by atoms with Crippen LogP contribution in [0.2, 0.25) is 0 Å². The second-order valence-electron chi connectivity index (χ2n) is 5.57. The van der Waals surface area contributed by atoms with E-state index in [1.807, 2.05) is 48.5 Å². The van der Waals surface area contributed by atoms with Crippen molar-refractivity contribution in [1.29, 1.82) is 0 Å². The third-order valence-electron chi connectivity index (χ3n) is 4.10. The molecule has 3 nitrogen and oxygen atoms in total. The predicted molar refractivity (Wildman–Crippen MR) is 104 cm³/mol. The molecule has 0 heterocycles. The first-order chi connectivity index (χ1) is 11.6. The smallest absolute Gasteiger partial charge is 0.255 e. The van der Waals surface area contributed by atoms with E-state index in [0.717, 1.165) is 25.6 Å². The Labute approximate surface area is 152 Å². The van der Waals surface area contributed by atoms with E-state index in [4.69, 9.17) is 0 Å². The number of hydrogen-bond donors (Lipinski definition) is 1. The zero-order valence-corrected chi connectivity index (χ0v) is 14.7. The van der Waals surface area contributed by atoms with Gasteiger partial charge in [0.05, 0.1) is 5.69 Å². The van der Waals surface area contributed by atoms with E-state index in [0.29, 0.717) is 11.1 Å². The van der Waals surface area contributed by atoms with Gasteiger partial charge >= 0.3 is 0 Å². The molecule has 0 fully saturated rings. The fraction of sp³-hybridized carbons (Fsp3) is 0. The van der Waals surface area contributed by atoms with Crippen molar-refractivity contribution < 1.29 is 9.59 Å². The highest BCUT2D eigenvalue weighted by Gasteiger charge is 2.19. The molecule has 0 saturated carbocycles. The summed E-state index contributed by atoms with van der Waals surface area (Å²) in [5.74, 6) is -0.165. The van der Waals surface area contributed by atoms with Gasteiger partial charge in [-0.15, -0.1) is 0 Å². The van der Waals surface area contributed by atoms with Gasteiger partial charge in [0.15, 0.2) is 5.78 Å². The highest BCUT2D eigenvalue weighted by Crippen LogP contribution is 2.36. The van der Waals surface area contributed by atoms with Gasteiger partial charge in [0.1, 0.15) is 0 Å². The molecule has 0 atom stereocenters. The summed E-state index contributed by atoms with van der Waals surface area (Å²) in [5, 5.41) is 4.79. The lowest BCUT2D eigenvalue weighted by Crippen LogP contribution is -2.14. The highest BCUT2D eigenvalue weighted by molar-refractivity contribution is 14.1. The number of carbonyl (C=O) groups excluding carboxylic acids is 2. The fourth-order valence-corrected chi connectivity index (χ4v) is 3.74. The Morgan fingerprint density at radius 2 is 1.75 bits per heavy atom. The number of amides is 1. The molecule has 1 N–H and O–H groups in total. The van der Waals surface area contributed by atoms with Gasteiger partial charge < -0.3 is 5.32 Å². The predicted octanol–water partition coefficient (Wildman–Crippen LogP) is 4.91. The van der Waals surface area contributed by atoms with E-state index < -0.39 is 0 Å². The molecule has 24 heavy (non-hydrogen) atoms. The number of halogens is 1. The number of nitrogens with one attached hydrogen (secondary N) is 1. The fourth-order valence-electron chi connectivity index (χ4n) is 2.98. The van der Waals surface area contributed by atoms with Crippen LogP contribution in [0, 0.1) is 3.57 Å². The lowest BCUT2D eigenvalue weighted by Gasteiger charge is -2.17. The van der Waals surface area contributed by atoms with Crippen molar-refractivity contribution in [2.45, 2.75) is 0 Å². The van der Waals surface area contributed by atoms with Crippen molar-refractivity contribution in [2.24, 2.45) is 0 Å². The van der Waals surface area contributed by atoms with Gasteiger partial charge in [0.2, 0.25) is 0 Å². The van der Waals surface area contributed by atoms with E-state index in [2.05, 4.69) is 27.9 Å². The Kier molecular flexibility index (Phi) is 3.69. The van der Waals surface area contributed by atoms with Gasteiger partial charge in [-0.1, -0.05) is 42.5 Å². The summed E-state index contributed by atoms with van der Waals surface area (Å²) in [6, 6.07) is 16.7. The normalized spacial score (nSPS) is 12.5. The van der Waals surface area contributed by atoms with E-state index in [-0.39, 0.29) is 11.7 Å². The molecule has 0 saturated heterocycles. The standard InChI is InChI=1S/C20H12INO2/c21-16-11-13-9-10-17(23)14-7-4-8-15(18(13)14)19(16)22-20(24)12-5-2-1-3-6-12/h1-11H,(H,22,24). The van der Waals surface area contributed by atoms with Crippen LogP contribution in [0.3, 0.4) is 0 Å². The van der Waals surface area contributed by atoms with Gasteiger partial charge in [-0.05, 0) is 52.4 Å². The maximum Gasteiger partial charge on any atom is 0.255 e. The lowest BCUT2D eigenvalue weighted by atomic mass is 9.91. The average molecular weight is 425 g/mol. The monoisotopic (exact) mass is 425 g/mol. The van der Waals surface area contributed by atoms with Gasteiger partial charge in [0.25, 0.3) is 5.91 Å². The van der Waals surface area contributed by atoms with Crippen molar-refractivity contribution in [3.05, 3.63) is 80.9 Å². The maximum atomic E-state index is 12.5. The summed E-state index contributed by atoms with van der Waals surface area (Å²) in [5.41, 5.74) is 3.02. The minimum absolute atomic E-state index is 0.00496. The van der Waals surface area contributed by atoms with Crippen molar-refractivity contribution in [3.63, 3.8) is 0 Å². The molecular weight excluding hydrogens is 413 g/mol. The lowest BCUT2D eigenvalue weighted by molar-refractivity contribution is 0.102. The molecule has 1 aliphatic carbocycles. The second kappa shape index (κ2) is 5.87. The largest absolute Gasteiger partial charge is 0.320 e. The maximum absolute atomic E-state index is 12.5. The molecule has 0 aromatic heterocycles. The number of carbonyl (C=O) groups is 2. The zero-order valence-electron chi connectivity index (χ0n) is 12.5. The Morgan fingerprint density at radius 1 is 0.958 bits per heavy atom. The second-order valence-corrected chi connectivity index (χ2v) is 6.73. The summed E-state index contributed by atoms with van der Waals surface area (Å²) in [6.45, 7) is 0. The number of allylic oxidation sites excluding steroid dienone is 1. The molecule has 0 spiro atoms. The van der Waals surface area contributed by atoms with Crippen LogP contribution >= 0.6 is 22.6 Å². The van der Waals surface area contributed by atoms with Gasteiger partial charge in [-0.3, -0.25) is 9.59 Å². The summed E-state index contributed by atoms with van der Waals surface area (Å²) in [4.78, 5) is 24.7. The molecule has 0 unspecified atom stereocenters. The van der Waals surface area contributed by atoms with E-state index in [1.165, 1.54) is 0 Å². The first kappa shape index (κ1) is 15.1. The van der Waals surface area contributed by atoms with Crippen LogP contribution in [0.4, 0.5) is 5.69 Å². The number of anilines is 1. The van der Waals surface area contributed by atoms with Crippen LogP contribution in [0.25, 0.3) is 16.8 Å². The minimum atomic E-state index is -0.160. The molecule has 1 aliphatic rings. The van der Waals surface area contributed by atoms with Crippen LogP contribution in [0.5, 0.6) is 0 Å². The topological polar surface area (TPSA) is 46.2 Å². The number of hydrogen-bond acceptors (Lipinski definition) is 2. The van der Waals surface area contributed by atoms with Crippen LogP contribution in [-0.4, -0.2) is 11.7 Å². The molecule has 116 valence electrons. The molecular formula is C20H12INO2. The van der Waals surface area contributed by atoms with Gasteiger partial charge in [-0.25, -0.2) is 0 Å². The van der Waals surface area contributed by atoms with E-state index >= 15 is 0 Å². The molecule has 3 aromatic carbocycles. The summed E-state index contributed by atoms with van der Waals surface area (Å²) < 4.78 is 0.940. The Morgan fingerprint density at radius 3 is 2.54 bits per heavy atom. The summed E-state index contributed by atoms with van der Waals surface area (Å²) >= 11 is 2.22. The van der Waals surface area contributed by atoms with Crippen molar-refractivity contribution in [2.75, 3.05) is 5.32 Å². The quantitative estimate of drug-likeness (QED) is 0.594. The van der Waals surface area contributed by atoms with E-state index in [9.17, 15) is 9.59 Å². The van der Waals surface area contributed by atoms with Crippen molar-refractivity contribution in [1.82, 2.24) is 0 Å². The number of ketones is 1. The van der Waals surface area contributed by atoms with Crippen molar-refractivity contribution >= 4 is 56.8 Å². The molecule has 1 amide bonds. The first-order valence-electron chi connectivity index (χ1n) is 7.49. The third-order valence-corrected chi connectivity index (χ3v) is 4.95.